The van der Waals surface area contributed by atoms with E-state index in [4.69, 9.17) is 10.5 Å². The highest BCUT2D eigenvalue weighted by molar-refractivity contribution is 6.06. The van der Waals surface area contributed by atoms with Crippen LogP contribution in [-0.2, 0) is 9.53 Å². The van der Waals surface area contributed by atoms with Gasteiger partial charge in [0.2, 0.25) is 5.91 Å². The molecular formula is C18H21N5O2. The van der Waals surface area contributed by atoms with Gasteiger partial charge in [-0.15, -0.1) is 0 Å². The first-order chi connectivity index (χ1) is 12.3. The van der Waals surface area contributed by atoms with Crippen LogP contribution in [0.2, 0.25) is 0 Å². The number of nitrogens with two attached hydrogens (primary N) is 1. The molecule has 130 valence electrons. The molecule has 1 aromatic carbocycles. The number of aromatic amines is 2. The van der Waals surface area contributed by atoms with Crippen molar-refractivity contribution >= 4 is 22.5 Å². The standard InChI is InChI=1S/C18H21N5O2/c19-6-14(11-4-5-25-10-11)18(24)23-16-3-1-2-13-15(9-20-17(13)16)12-7-21-22-8-12/h1-3,7-9,11,14,20H,4-6,10,19H2,(H,21,22)(H,23,24). The Morgan fingerprint density at radius 1 is 1.44 bits per heavy atom. The summed E-state index contributed by atoms with van der Waals surface area (Å²) in [5.74, 6) is -0.0969. The molecule has 0 bridgehead atoms. The second-order valence-corrected chi connectivity index (χ2v) is 6.37. The summed E-state index contributed by atoms with van der Waals surface area (Å²) in [4.78, 5) is 16.0. The topological polar surface area (TPSA) is 109 Å². The summed E-state index contributed by atoms with van der Waals surface area (Å²) in [5.41, 5.74) is 9.55. The first-order valence-corrected chi connectivity index (χ1v) is 8.46. The minimum Gasteiger partial charge on any atom is -0.381 e. The van der Waals surface area contributed by atoms with Crippen LogP contribution in [-0.4, -0.2) is 40.8 Å². The molecule has 2 atom stereocenters. The number of anilines is 1. The first-order valence-electron chi connectivity index (χ1n) is 8.46. The van der Waals surface area contributed by atoms with E-state index in [0.29, 0.717) is 19.8 Å². The van der Waals surface area contributed by atoms with E-state index in [1.54, 1.807) is 6.20 Å². The lowest BCUT2D eigenvalue weighted by molar-refractivity contribution is -0.121. The van der Waals surface area contributed by atoms with E-state index >= 15 is 0 Å². The van der Waals surface area contributed by atoms with Gasteiger partial charge in [-0.1, -0.05) is 12.1 Å². The zero-order chi connectivity index (χ0) is 17.2. The fourth-order valence-corrected chi connectivity index (χ4v) is 3.50. The lowest BCUT2D eigenvalue weighted by atomic mass is 9.91. The number of rotatable bonds is 5. The Hall–Kier alpha value is -2.64. The Labute approximate surface area is 144 Å². The van der Waals surface area contributed by atoms with Crippen molar-refractivity contribution in [3.05, 3.63) is 36.8 Å². The SMILES string of the molecule is NCC(C(=O)Nc1cccc2c(-c3cn[nH]c3)c[nH]c12)C1CCOC1. The number of carbonyl (C=O) groups is 1. The molecule has 25 heavy (non-hydrogen) atoms. The number of ether oxygens (including phenoxy) is 1. The van der Waals surface area contributed by atoms with Gasteiger partial charge in [0.05, 0.1) is 29.9 Å². The lowest BCUT2D eigenvalue weighted by Gasteiger charge is -2.20. The molecule has 5 N–H and O–H groups in total. The van der Waals surface area contributed by atoms with E-state index in [9.17, 15) is 4.79 Å². The second-order valence-electron chi connectivity index (χ2n) is 6.37. The molecular weight excluding hydrogens is 318 g/mol. The van der Waals surface area contributed by atoms with Gasteiger partial charge in [0.1, 0.15) is 0 Å². The van der Waals surface area contributed by atoms with Gasteiger partial charge in [-0.2, -0.15) is 5.10 Å². The number of nitrogens with one attached hydrogen (secondary N) is 3. The minimum absolute atomic E-state index is 0.0510. The summed E-state index contributed by atoms with van der Waals surface area (Å²) in [6.45, 7) is 1.63. The van der Waals surface area contributed by atoms with Crippen LogP contribution >= 0.6 is 0 Å². The maximum Gasteiger partial charge on any atom is 0.229 e. The van der Waals surface area contributed by atoms with Gasteiger partial charge in [-0.3, -0.25) is 9.89 Å². The summed E-state index contributed by atoms with van der Waals surface area (Å²) >= 11 is 0. The van der Waals surface area contributed by atoms with E-state index in [1.807, 2.05) is 30.6 Å². The Bertz CT molecular complexity index is 865. The van der Waals surface area contributed by atoms with E-state index < -0.39 is 0 Å². The zero-order valence-corrected chi connectivity index (χ0v) is 13.8. The first kappa shape index (κ1) is 15.9. The van der Waals surface area contributed by atoms with Crippen molar-refractivity contribution in [3.8, 4) is 11.1 Å². The summed E-state index contributed by atoms with van der Waals surface area (Å²) in [6.07, 6.45) is 6.43. The quantitative estimate of drug-likeness (QED) is 0.571. The summed E-state index contributed by atoms with van der Waals surface area (Å²) in [7, 11) is 0. The number of hydrogen-bond acceptors (Lipinski definition) is 4. The molecule has 2 aromatic heterocycles. The number of amides is 1. The smallest absolute Gasteiger partial charge is 0.229 e. The molecule has 1 amide bonds. The van der Waals surface area contributed by atoms with Crippen LogP contribution in [0, 0.1) is 11.8 Å². The predicted octanol–water partition coefficient (Wildman–Crippen LogP) is 2.11. The van der Waals surface area contributed by atoms with Gasteiger partial charge in [0, 0.05) is 42.1 Å². The van der Waals surface area contributed by atoms with Crippen molar-refractivity contribution in [1.82, 2.24) is 15.2 Å². The van der Waals surface area contributed by atoms with E-state index in [0.717, 1.165) is 34.1 Å². The highest BCUT2D eigenvalue weighted by atomic mass is 16.5. The van der Waals surface area contributed by atoms with Crippen LogP contribution in [0.1, 0.15) is 6.42 Å². The molecule has 0 radical (unpaired) electrons. The maximum absolute atomic E-state index is 12.7. The van der Waals surface area contributed by atoms with Gasteiger partial charge < -0.3 is 20.8 Å². The number of hydrogen-bond donors (Lipinski definition) is 4. The minimum atomic E-state index is -0.235. The van der Waals surface area contributed by atoms with Gasteiger partial charge in [-0.25, -0.2) is 0 Å². The Morgan fingerprint density at radius 2 is 2.36 bits per heavy atom. The molecule has 1 fully saturated rings. The van der Waals surface area contributed by atoms with E-state index in [1.165, 1.54) is 0 Å². The van der Waals surface area contributed by atoms with E-state index in [2.05, 4.69) is 20.5 Å². The number of carbonyl (C=O) groups excluding carboxylic acids is 1. The Kier molecular flexibility index (Phi) is 4.25. The molecule has 0 aliphatic carbocycles. The third-order valence-corrected chi connectivity index (χ3v) is 4.91. The fourth-order valence-electron chi connectivity index (χ4n) is 3.50. The predicted molar refractivity (Wildman–Crippen MR) is 96.0 cm³/mol. The number of nitrogens with zero attached hydrogens (tertiary/aromatic N) is 1. The second kappa shape index (κ2) is 6.70. The van der Waals surface area contributed by atoms with Gasteiger partial charge in [0.25, 0.3) is 0 Å². The van der Waals surface area contributed by atoms with Crippen LogP contribution in [0.25, 0.3) is 22.0 Å². The molecule has 7 heteroatoms. The normalized spacial score (nSPS) is 18.5. The molecule has 7 nitrogen and oxygen atoms in total. The summed E-state index contributed by atoms with van der Waals surface area (Å²) in [5, 5.41) is 10.9. The highest BCUT2D eigenvalue weighted by Gasteiger charge is 2.30. The molecule has 0 saturated carbocycles. The summed E-state index contributed by atoms with van der Waals surface area (Å²) < 4.78 is 5.40. The molecule has 1 aliphatic heterocycles. The average molecular weight is 339 g/mol. The molecule has 0 spiro atoms. The number of H-pyrrole nitrogens is 2. The van der Waals surface area contributed by atoms with Crippen molar-refractivity contribution < 1.29 is 9.53 Å². The fraction of sp³-hybridized carbons (Fsp3) is 0.333. The van der Waals surface area contributed by atoms with E-state index in [-0.39, 0.29) is 17.7 Å². The molecule has 2 unspecified atom stereocenters. The van der Waals surface area contributed by atoms with Crippen LogP contribution in [0.15, 0.2) is 36.8 Å². The zero-order valence-electron chi connectivity index (χ0n) is 13.8. The third kappa shape index (κ3) is 2.92. The van der Waals surface area contributed by atoms with Crippen LogP contribution < -0.4 is 11.1 Å². The molecule has 3 aromatic rings. The molecule has 3 heterocycles. The Morgan fingerprint density at radius 3 is 3.08 bits per heavy atom. The largest absolute Gasteiger partial charge is 0.381 e. The maximum atomic E-state index is 12.7. The van der Waals surface area contributed by atoms with Crippen molar-refractivity contribution in [2.24, 2.45) is 17.6 Å². The van der Waals surface area contributed by atoms with Gasteiger partial charge >= 0.3 is 0 Å². The molecule has 4 rings (SSSR count). The highest BCUT2D eigenvalue weighted by Crippen LogP contribution is 2.32. The third-order valence-electron chi connectivity index (χ3n) is 4.91. The number of benzene rings is 1. The van der Waals surface area contributed by atoms with Gasteiger partial charge in [0.15, 0.2) is 0 Å². The molecule has 1 saturated heterocycles. The van der Waals surface area contributed by atoms with Crippen molar-refractivity contribution in [3.63, 3.8) is 0 Å². The average Bonchev–Trinajstić information content (AvgIpc) is 3.37. The molecule has 1 aliphatic rings. The monoisotopic (exact) mass is 339 g/mol. The van der Waals surface area contributed by atoms with Crippen molar-refractivity contribution in [2.75, 3.05) is 25.1 Å². The van der Waals surface area contributed by atoms with Crippen LogP contribution in [0.3, 0.4) is 0 Å². The Balaban J connectivity index is 1.62. The van der Waals surface area contributed by atoms with Crippen LogP contribution in [0.5, 0.6) is 0 Å². The summed E-state index contributed by atoms with van der Waals surface area (Å²) in [6, 6.07) is 5.86. The van der Waals surface area contributed by atoms with Gasteiger partial charge in [-0.05, 0) is 18.4 Å². The van der Waals surface area contributed by atoms with Crippen molar-refractivity contribution in [2.45, 2.75) is 6.42 Å². The number of aromatic nitrogens is 3. The number of fused-ring (bicyclic) bond motifs is 1. The van der Waals surface area contributed by atoms with Crippen molar-refractivity contribution in [1.29, 1.82) is 0 Å². The number of para-hydroxylation sites is 1. The lowest BCUT2D eigenvalue weighted by Crippen LogP contribution is -2.35. The van der Waals surface area contributed by atoms with Crippen LogP contribution in [0.4, 0.5) is 5.69 Å².